The Hall–Kier alpha value is -3.39. The maximum absolute atomic E-state index is 6.18. The average Bonchev–Trinajstić information content (AvgIpc) is 3.41. The van der Waals surface area contributed by atoms with Crippen LogP contribution in [0.25, 0.3) is 31.8 Å². The molecule has 0 aliphatic heterocycles. The minimum absolute atomic E-state index is 0.444. The Morgan fingerprint density at radius 1 is 1.22 bits per heavy atom. The quantitative estimate of drug-likeness (QED) is 0.499. The van der Waals surface area contributed by atoms with Gasteiger partial charge in [0.15, 0.2) is 5.82 Å². The van der Waals surface area contributed by atoms with Crippen LogP contribution in [0.15, 0.2) is 48.9 Å². The number of hydrogen-bond donors (Lipinski definition) is 2. The number of pyridine rings is 1. The molecule has 0 amide bonds. The maximum atomic E-state index is 6.18. The molecule has 27 heavy (non-hydrogen) atoms. The predicted molar refractivity (Wildman–Crippen MR) is 107 cm³/mol. The lowest BCUT2D eigenvalue weighted by Gasteiger charge is -2.07. The number of thiophene rings is 1. The highest BCUT2D eigenvalue weighted by Crippen LogP contribution is 2.37. The number of hydrogen-bond acceptors (Lipinski definition) is 6. The van der Waals surface area contributed by atoms with Gasteiger partial charge in [-0.25, -0.2) is 9.97 Å². The first-order valence-corrected chi connectivity index (χ1v) is 9.21. The van der Waals surface area contributed by atoms with E-state index in [1.165, 1.54) is 0 Å². The molecule has 1 aromatic carbocycles. The van der Waals surface area contributed by atoms with Gasteiger partial charge < -0.3 is 15.0 Å². The predicted octanol–water partition coefficient (Wildman–Crippen LogP) is 3.68. The summed E-state index contributed by atoms with van der Waals surface area (Å²) in [6, 6.07) is 12.0. The first-order chi connectivity index (χ1) is 13.2. The monoisotopic (exact) mass is 376 g/mol. The minimum atomic E-state index is 0.444. The molecule has 4 aromatic heterocycles. The zero-order valence-electron chi connectivity index (χ0n) is 14.5. The fourth-order valence-electron chi connectivity index (χ4n) is 3.20. The third-order valence-corrected chi connectivity index (χ3v) is 5.69. The van der Waals surface area contributed by atoms with Crippen molar-refractivity contribution in [1.82, 2.24) is 24.7 Å². The number of anilines is 1. The Labute approximate surface area is 158 Å². The van der Waals surface area contributed by atoms with E-state index in [1.807, 2.05) is 30.6 Å². The molecular weight excluding hydrogens is 360 g/mol. The smallest absolute Gasteiger partial charge is 0.152 e. The first-order valence-electron chi connectivity index (χ1n) is 8.39. The second-order valence-corrected chi connectivity index (χ2v) is 7.26. The average molecular weight is 376 g/mol. The number of methoxy groups -OCH3 is 1. The SMILES string of the molecule is COc1ccc(Cn2cnc3c(N)nc4cc(-c5ccn[nH]5)sc4c32)cc1. The number of nitrogens with two attached hydrogens (primary N) is 1. The second-order valence-electron chi connectivity index (χ2n) is 6.21. The zero-order chi connectivity index (χ0) is 18.4. The summed E-state index contributed by atoms with van der Waals surface area (Å²) in [4.78, 5) is 10.1. The number of nitrogens with zero attached hydrogens (tertiary/aromatic N) is 4. The lowest BCUT2D eigenvalue weighted by Crippen LogP contribution is -1.99. The number of nitrogen functional groups attached to an aromatic ring is 1. The van der Waals surface area contributed by atoms with Gasteiger partial charge in [0.25, 0.3) is 0 Å². The summed E-state index contributed by atoms with van der Waals surface area (Å²) in [6.45, 7) is 0.691. The van der Waals surface area contributed by atoms with E-state index in [9.17, 15) is 0 Å². The van der Waals surface area contributed by atoms with Gasteiger partial charge in [0.2, 0.25) is 0 Å². The summed E-state index contributed by atoms with van der Waals surface area (Å²) in [5.74, 6) is 1.28. The third kappa shape index (κ3) is 2.61. The van der Waals surface area contributed by atoms with E-state index in [0.29, 0.717) is 12.4 Å². The van der Waals surface area contributed by atoms with Gasteiger partial charge in [-0.15, -0.1) is 11.3 Å². The van der Waals surface area contributed by atoms with E-state index >= 15 is 0 Å². The minimum Gasteiger partial charge on any atom is -0.497 e. The van der Waals surface area contributed by atoms with Crippen molar-refractivity contribution in [3.63, 3.8) is 0 Å². The molecule has 0 aliphatic carbocycles. The van der Waals surface area contributed by atoms with Crippen LogP contribution in [-0.2, 0) is 6.54 Å². The van der Waals surface area contributed by atoms with Crippen LogP contribution in [0.2, 0.25) is 0 Å². The fraction of sp³-hybridized carbons (Fsp3) is 0.105. The summed E-state index contributed by atoms with van der Waals surface area (Å²) in [5.41, 5.74) is 10.9. The number of rotatable bonds is 4. The molecule has 0 fully saturated rings. The molecule has 0 aliphatic rings. The van der Waals surface area contributed by atoms with Crippen molar-refractivity contribution in [3.05, 3.63) is 54.5 Å². The van der Waals surface area contributed by atoms with Gasteiger partial charge >= 0.3 is 0 Å². The Morgan fingerprint density at radius 3 is 2.81 bits per heavy atom. The van der Waals surface area contributed by atoms with Gasteiger partial charge in [-0.2, -0.15) is 5.10 Å². The molecule has 0 saturated carbocycles. The van der Waals surface area contributed by atoms with Crippen LogP contribution in [-0.4, -0.2) is 31.8 Å². The van der Waals surface area contributed by atoms with Gasteiger partial charge in [0, 0.05) is 12.7 Å². The van der Waals surface area contributed by atoms with Crippen molar-refractivity contribution in [2.24, 2.45) is 0 Å². The van der Waals surface area contributed by atoms with Crippen LogP contribution in [0.4, 0.5) is 5.82 Å². The van der Waals surface area contributed by atoms with Gasteiger partial charge in [0.1, 0.15) is 11.3 Å². The molecule has 0 atom stereocenters. The molecule has 134 valence electrons. The molecule has 4 heterocycles. The number of ether oxygens (including phenoxy) is 1. The van der Waals surface area contributed by atoms with E-state index in [4.69, 9.17) is 10.5 Å². The van der Waals surface area contributed by atoms with E-state index in [2.05, 4.69) is 36.9 Å². The number of nitrogens with one attached hydrogen (secondary N) is 1. The second kappa shape index (κ2) is 6.10. The largest absolute Gasteiger partial charge is 0.497 e. The number of aromatic amines is 1. The molecule has 5 rings (SSSR count). The van der Waals surface area contributed by atoms with E-state index in [0.717, 1.165) is 43.1 Å². The van der Waals surface area contributed by atoms with Gasteiger partial charge in [-0.05, 0) is 29.8 Å². The molecular formula is C19H16N6OS. The third-order valence-electron chi connectivity index (χ3n) is 4.53. The number of imidazole rings is 1. The van der Waals surface area contributed by atoms with E-state index < -0.39 is 0 Å². The van der Waals surface area contributed by atoms with Crippen LogP contribution < -0.4 is 10.5 Å². The Kier molecular flexibility index (Phi) is 3.58. The van der Waals surface area contributed by atoms with Crippen molar-refractivity contribution < 1.29 is 4.74 Å². The van der Waals surface area contributed by atoms with Crippen molar-refractivity contribution in [1.29, 1.82) is 0 Å². The van der Waals surface area contributed by atoms with Crippen LogP contribution in [0, 0.1) is 0 Å². The lowest BCUT2D eigenvalue weighted by molar-refractivity contribution is 0.414. The highest BCUT2D eigenvalue weighted by molar-refractivity contribution is 7.23. The summed E-state index contributed by atoms with van der Waals surface area (Å²) >= 11 is 1.66. The number of H-pyrrole nitrogens is 1. The van der Waals surface area contributed by atoms with E-state index in [-0.39, 0.29) is 0 Å². The molecule has 3 N–H and O–H groups in total. The van der Waals surface area contributed by atoms with Crippen LogP contribution in [0.5, 0.6) is 5.75 Å². The normalized spacial score (nSPS) is 11.4. The van der Waals surface area contributed by atoms with Crippen molar-refractivity contribution in [3.8, 4) is 16.3 Å². The first kappa shape index (κ1) is 15.8. The van der Waals surface area contributed by atoms with Crippen molar-refractivity contribution in [2.75, 3.05) is 12.8 Å². The zero-order valence-corrected chi connectivity index (χ0v) is 15.3. The summed E-state index contributed by atoms with van der Waals surface area (Å²) in [6.07, 6.45) is 3.56. The molecule has 0 saturated heterocycles. The van der Waals surface area contributed by atoms with Crippen LogP contribution in [0.3, 0.4) is 0 Å². The number of fused-ring (bicyclic) bond motifs is 3. The summed E-state index contributed by atoms with van der Waals surface area (Å²) in [5, 5.41) is 7.04. The highest BCUT2D eigenvalue weighted by Gasteiger charge is 2.16. The molecule has 5 aromatic rings. The van der Waals surface area contributed by atoms with Gasteiger partial charge in [-0.1, -0.05) is 12.1 Å². The molecule has 8 heteroatoms. The Bertz CT molecular complexity index is 1240. The highest BCUT2D eigenvalue weighted by atomic mass is 32.1. The van der Waals surface area contributed by atoms with Gasteiger partial charge in [0.05, 0.1) is 39.7 Å². The molecule has 7 nitrogen and oxygen atoms in total. The molecule has 0 radical (unpaired) electrons. The summed E-state index contributed by atoms with van der Waals surface area (Å²) in [7, 11) is 1.67. The molecule has 0 bridgehead atoms. The fourth-order valence-corrected chi connectivity index (χ4v) is 4.33. The number of benzene rings is 1. The van der Waals surface area contributed by atoms with E-state index in [1.54, 1.807) is 24.6 Å². The summed E-state index contributed by atoms with van der Waals surface area (Å²) < 4.78 is 8.42. The topological polar surface area (TPSA) is 94.6 Å². The van der Waals surface area contributed by atoms with Crippen molar-refractivity contribution in [2.45, 2.75) is 6.54 Å². The molecule has 0 spiro atoms. The maximum Gasteiger partial charge on any atom is 0.152 e. The Balaban J connectivity index is 1.66. The standard InChI is InChI=1S/C19H16N6OS/c1-26-12-4-2-11(3-5-12)9-25-10-21-16-17(25)18-14(23-19(16)20)8-15(27-18)13-6-7-22-24-13/h2-8,10H,9H2,1H3,(H2,20,23)(H,22,24). The number of aromatic nitrogens is 5. The van der Waals surface area contributed by atoms with Crippen LogP contribution >= 0.6 is 11.3 Å². The van der Waals surface area contributed by atoms with Gasteiger partial charge in [-0.3, -0.25) is 5.10 Å². The molecule has 0 unspecified atom stereocenters. The lowest BCUT2D eigenvalue weighted by atomic mass is 10.2. The van der Waals surface area contributed by atoms with Crippen LogP contribution in [0.1, 0.15) is 5.56 Å². The Morgan fingerprint density at radius 2 is 2.07 bits per heavy atom. The van der Waals surface area contributed by atoms with Crippen molar-refractivity contribution >= 4 is 38.4 Å².